The van der Waals surface area contributed by atoms with Gasteiger partial charge in [0.25, 0.3) is 0 Å². The lowest BCUT2D eigenvalue weighted by molar-refractivity contribution is 0.0993. The Morgan fingerprint density at radius 2 is 2.43 bits per heavy atom. The van der Waals surface area contributed by atoms with E-state index in [1.807, 2.05) is 18.9 Å². The highest BCUT2D eigenvalue weighted by Gasteiger charge is 2.29. The summed E-state index contributed by atoms with van der Waals surface area (Å²) in [6.45, 7) is 3.35. The van der Waals surface area contributed by atoms with Crippen LogP contribution in [-0.2, 0) is 0 Å². The van der Waals surface area contributed by atoms with Gasteiger partial charge in [0.1, 0.15) is 6.17 Å². The maximum absolute atomic E-state index is 13.7. The van der Waals surface area contributed by atoms with Gasteiger partial charge in [0, 0.05) is 24.8 Å². The normalized spacial score (nSPS) is 29.4. The van der Waals surface area contributed by atoms with Crippen LogP contribution >= 0.6 is 0 Å². The number of piperidine rings is 1. The molecule has 0 N–H and O–H groups in total. The van der Waals surface area contributed by atoms with Crippen LogP contribution in [0.3, 0.4) is 0 Å². The molecule has 1 saturated heterocycles. The Balaban J connectivity index is 2.15. The Morgan fingerprint density at radius 3 is 3.00 bits per heavy atom. The molecule has 14 heavy (non-hydrogen) atoms. The number of nitrogens with zero attached hydrogens (tertiary/aromatic N) is 3. The molecule has 1 aromatic heterocycles. The van der Waals surface area contributed by atoms with E-state index in [4.69, 9.17) is 0 Å². The van der Waals surface area contributed by atoms with Crippen molar-refractivity contribution in [1.82, 2.24) is 14.7 Å². The Bertz CT molecular complexity index is 310. The van der Waals surface area contributed by atoms with Crippen molar-refractivity contribution in [3.63, 3.8) is 0 Å². The average Bonchev–Trinajstić information content (AvgIpc) is 2.52. The summed E-state index contributed by atoms with van der Waals surface area (Å²) in [6.07, 6.45) is 1.62. The molecule has 2 atom stereocenters. The number of rotatable bonds is 1. The molecule has 2 unspecified atom stereocenters. The van der Waals surface area contributed by atoms with Crippen LogP contribution in [0.5, 0.6) is 0 Å². The lowest BCUT2D eigenvalue weighted by atomic mass is 10.0. The molecule has 1 radical (unpaired) electrons. The highest BCUT2D eigenvalue weighted by atomic mass is 19.1. The maximum Gasteiger partial charge on any atom is 0.135 e. The predicted molar refractivity (Wildman–Crippen MR) is 51.8 cm³/mol. The molecule has 77 valence electrons. The van der Waals surface area contributed by atoms with E-state index < -0.39 is 6.17 Å². The fraction of sp³-hybridized carbons (Fsp3) is 0.700. The first-order valence-corrected chi connectivity index (χ1v) is 4.93. The summed E-state index contributed by atoms with van der Waals surface area (Å²) in [5.74, 6) is 0. The number of halogens is 1. The largest absolute Gasteiger partial charge is 0.303 e. The number of likely N-dealkylation sites (tertiary alicyclic amines) is 1. The predicted octanol–water partition coefficient (Wildman–Crippen LogP) is 1.21. The number of hydrogen-bond donors (Lipinski definition) is 0. The first-order chi connectivity index (χ1) is 6.68. The summed E-state index contributed by atoms with van der Waals surface area (Å²) in [5, 5.41) is 4.12. The highest BCUT2D eigenvalue weighted by Crippen LogP contribution is 2.24. The second-order valence-electron chi connectivity index (χ2n) is 3.95. The SMILES string of the molecule is Cc1[c]cnn1C1CCN(C)CC1F. The molecule has 0 aliphatic carbocycles. The molecule has 0 saturated carbocycles. The summed E-state index contributed by atoms with van der Waals surface area (Å²) in [7, 11) is 1.95. The molecule has 1 fully saturated rings. The zero-order valence-electron chi connectivity index (χ0n) is 8.57. The van der Waals surface area contributed by atoms with Gasteiger partial charge in [0.15, 0.2) is 0 Å². The quantitative estimate of drug-likeness (QED) is 0.673. The van der Waals surface area contributed by atoms with E-state index >= 15 is 0 Å². The molecule has 0 spiro atoms. The van der Waals surface area contributed by atoms with Crippen LogP contribution in [0.4, 0.5) is 4.39 Å². The Kier molecular flexibility index (Phi) is 2.54. The van der Waals surface area contributed by atoms with Crippen LogP contribution in [0, 0.1) is 13.0 Å². The zero-order valence-corrected chi connectivity index (χ0v) is 8.57. The molecule has 1 aliphatic heterocycles. The lowest BCUT2D eigenvalue weighted by Gasteiger charge is -2.32. The van der Waals surface area contributed by atoms with Gasteiger partial charge in [-0.3, -0.25) is 4.68 Å². The summed E-state index contributed by atoms with van der Waals surface area (Å²) in [5.41, 5.74) is 0.919. The minimum absolute atomic E-state index is 0.0996. The molecule has 2 heterocycles. The molecular weight excluding hydrogens is 181 g/mol. The van der Waals surface area contributed by atoms with Crippen LogP contribution in [0.15, 0.2) is 6.20 Å². The monoisotopic (exact) mass is 196 g/mol. The second kappa shape index (κ2) is 3.69. The van der Waals surface area contributed by atoms with Gasteiger partial charge in [0.05, 0.1) is 12.2 Å². The first kappa shape index (κ1) is 9.65. The fourth-order valence-corrected chi connectivity index (χ4v) is 1.99. The van der Waals surface area contributed by atoms with Gasteiger partial charge in [-0.1, -0.05) is 0 Å². The molecule has 3 nitrogen and oxygen atoms in total. The fourth-order valence-electron chi connectivity index (χ4n) is 1.99. The van der Waals surface area contributed by atoms with E-state index in [2.05, 4.69) is 11.2 Å². The van der Waals surface area contributed by atoms with Crippen molar-refractivity contribution in [2.75, 3.05) is 20.1 Å². The van der Waals surface area contributed by atoms with E-state index in [1.165, 1.54) is 0 Å². The maximum atomic E-state index is 13.7. The van der Waals surface area contributed by atoms with Crippen molar-refractivity contribution >= 4 is 0 Å². The van der Waals surface area contributed by atoms with Gasteiger partial charge >= 0.3 is 0 Å². The summed E-state index contributed by atoms with van der Waals surface area (Å²) in [4.78, 5) is 2.02. The Hall–Kier alpha value is -0.900. The van der Waals surface area contributed by atoms with E-state index in [1.54, 1.807) is 10.9 Å². The van der Waals surface area contributed by atoms with Crippen molar-refractivity contribution in [2.24, 2.45) is 0 Å². The minimum Gasteiger partial charge on any atom is -0.303 e. The van der Waals surface area contributed by atoms with E-state index in [0.29, 0.717) is 6.54 Å². The molecular formula is C10H15FN3. The average molecular weight is 196 g/mol. The lowest BCUT2D eigenvalue weighted by Crippen LogP contribution is -2.41. The number of alkyl halides is 1. The standard InChI is InChI=1S/C10H15FN3/c1-8-3-5-12-14(8)10-4-6-13(2)7-9(10)11/h5,9-10H,4,6-7H2,1-2H3. The minimum atomic E-state index is -0.819. The van der Waals surface area contributed by atoms with Gasteiger partial charge < -0.3 is 4.90 Å². The van der Waals surface area contributed by atoms with Crippen molar-refractivity contribution in [2.45, 2.75) is 25.6 Å². The van der Waals surface area contributed by atoms with Gasteiger partial charge in [-0.05, 0) is 20.4 Å². The van der Waals surface area contributed by atoms with Crippen molar-refractivity contribution in [3.8, 4) is 0 Å². The topological polar surface area (TPSA) is 21.1 Å². The summed E-state index contributed by atoms with van der Waals surface area (Å²) >= 11 is 0. The molecule has 1 aromatic rings. The van der Waals surface area contributed by atoms with Gasteiger partial charge in [-0.2, -0.15) is 5.10 Å². The zero-order chi connectivity index (χ0) is 10.1. The highest BCUT2D eigenvalue weighted by molar-refractivity contribution is 4.98. The summed E-state index contributed by atoms with van der Waals surface area (Å²) in [6, 6.07) is 2.87. The van der Waals surface area contributed by atoms with Gasteiger partial charge in [-0.25, -0.2) is 4.39 Å². The smallest absolute Gasteiger partial charge is 0.135 e. The van der Waals surface area contributed by atoms with Crippen LogP contribution in [0.1, 0.15) is 18.2 Å². The van der Waals surface area contributed by atoms with Crippen molar-refractivity contribution < 1.29 is 4.39 Å². The van der Waals surface area contributed by atoms with Gasteiger partial charge in [-0.15, -0.1) is 0 Å². The molecule has 0 aromatic carbocycles. The third-order valence-corrected chi connectivity index (χ3v) is 2.82. The second-order valence-corrected chi connectivity index (χ2v) is 3.95. The van der Waals surface area contributed by atoms with Crippen LogP contribution in [-0.4, -0.2) is 41.0 Å². The number of aryl methyl sites for hydroxylation is 1. The molecule has 1 aliphatic rings. The molecule has 2 rings (SSSR count). The van der Waals surface area contributed by atoms with Crippen molar-refractivity contribution in [3.05, 3.63) is 18.0 Å². The van der Waals surface area contributed by atoms with Crippen LogP contribution < -0.4 is 0 Å². The summed E-state index contributed by atoms with van der Waals surface area (Å²) < 4.78 is 15.5. The third-order valence-electron chi connectivity index (χ3n) is 2.82. The van der Waals surface area contributed by atoms with E-state index in [9.17, 15) is 4.39 Å². The van der Waals surface area contributed by atoms with Crippen molar-refractivity contribution in [1.29, 1.82) is 0 Å². The number of hydrogen-bond acceptors (Lipinski definition) is 2. The first-order valence-electron chi connectivity index (χ1n) is 4.93. The van der Waals surface area contributed by atoms with Crippen LogP contribution in [0.25, 0.3) is 0 Å². The Labute approximate surface area is 83.5 Å². The molecule has 0 amide bonds. The Morgan fingerprint density at radius 1 is 1.64 bits per heavy atom. The molecule has 0 bridgehead atoms. The van der Waals surface area contributed by atoms with E-state index in [0.717, 1.165) is 18.7 Å². The molecule has 4 heteroatoms. The van der Waals surface area contributed by atoms with Crippen LogP contribution in [0.2, 0.25) is 0 Å². The third kappa shape index (κ3) is 1.66. The number of aromatic nitrogens is 2. The van der Waals surface area contributed by atoms with Gasteiger partial charge in [0.2, 0.25) is 0 Å². The van der Waals surface area contributed by atoms with E-state index in [-0.39, 0.29) is 6.04 Å².